The summed E-state index contributed by atoms with van der Waals surface area (Å²) in [6, 6.07) is 0. The van der Waals surface area contributed by atoms with Crippen LogP contribution in [0.5, 0.6) is 0 Å². The molecule has 32 heavy (non-hydrogen) atoms. The predicted molar refractivity (Wildman–Crippen MR) is 128 cm³/mol. The minimum Gasteiger partial charge on any atom is -0.414 e. The van der Waals surface area contributed by atoms with Crippen LogP contribution in [0.15, 0.2) is 15.8 Å². The summed E-state index contributed by atoms with van der Waals surface area (Å²) in [7, 11) is -5.35. The van der Waals surface area contributed by atoms with Gasteiger partial charge in [0.1, 0.15) is 12.3 Å². The van der Waals surface area contributed by atoms with Gasteiger partial charge in [-0.05, 0) is 29.1 Å². The number of fused-ring (bicyclic) bond motifs is 1. The van der Waals surface area contributed by atoms with Crippen LogP contribution in [-0.2, 0) is 17.7 Å². The van der Waals surface area contributed by atoms with E-state index in [1.807, 2.05) is 0 Å². The molecule has 10 heteroatoms. The molecule has 0 unspecified atom stereocenters. The van der Waals surface area contributed by atoms with Crippen LogP contribution in [0.25, 0.3) is 0 Å². The number of H-pyrrole nitrogens is 1. The van der Waals surface area contributed by atoms with Crippen molar-refractivity contribution in [2.45, 2.75) is 109 Å². The molecule has 1 aromatic heterocycles. The quantitative estimate of drug-likeness (QED) is 0.633. The number of aromatic nitrogens is 2. The van der Waals surface area contributed by atoms with E-state index < -0.39 is 29.0 Å². The Morgan fingerprint density at radius 1 is 0.938 bits per heavy atom. The zero-order valence-electron chi connectivity index (χ0n) is 20.9. The highest BCUT2D eigenvalue weighted by atomic mass is 28.5. The molecule has 0 spiro atoms. The van der Waals surface area contributed by atoms with Crippen LogP contribution >= 0.6 is 0 Å². The maximum absolute atomic E-state index is 12.5. The van der Waals surface area contributed by atoms with E-state index in [-0.39, 0.29) is 39.9 Å². The van der Waals surface area contributed by atoms with Gasteiger partial charge in [-0.25, -0.2) is 4.79 Å². The van der Waals surface area contributed by atoms with Crippen LogP contribution in [0.3, 0.4) is 0 Å². The second-order valence-corrected chi connectivity index (χ2v) is 19.3. The Labute approximate surface area is 193 Å². The summed E-state index contributed by atoms with van der Waals surface area (Å²) < 4.78 is 28.7. The minimum absolute atomic E-state index is 0.228. The highest BCUT2D eigenvalue weighted by Gasteiger charge is 2.60. The average Bonchev–Trinajstić information content (AvgIpc) is 3.05. The first-order valence-corrected chi connectivity index (χ1v) is 15.8. The second-order valence-electron chi connectivity index (χ2n) is 10.5. The molecule has 0 bridgehead atoms. The summed E-state index contributed by atoms with van der Waals surface area (Å²) in [6.45, 7) is 19.5. The van der Waals surface area contributed by atoms with E-state index in [0.717, 1.165) is 0 Å². The molecule has 2 fully saturated rings. The molecule has 0 aliphatic carbocycles. The molecule has 182 valence electrons. The number of aromatic amines is 1. The molecule has 2 saturated heterocycles. The molecule has 3 heterocycles. The monoisotopic (exact) mass is 484 g/mol. The summed E-state index contributed by atoms with van der Waals surface area (Å²) in [5, 5.41) is 0. The molecule has 2 aliphatic rings. The van der Waals surface area contributed by atoms with Crippen molar-refractivity contribution >= 4 is 17.1 Å². The molecular weight excluding hydrogens is 444 g/mol. The van der Waals surface area contributed by atoms with Gasteiger partial charge in [-0.1, -0.05) is 55.4 Å². The van der Waals surface area contributed by atoms with Gasteiger partial charge in [0, 0.05) is 18.2 Å². The van der Waals surface area contributed by atoms with E-state index in [2.05, 4.69) is 60.4 Å². The Bertz CT molecular complexity index is 910. The number of hydrogen-bond donors (Lipinski definition) is 1. The summed E-state index contributed by atoms with van der Waals surface area (Å²) >= 11 is 0. The first kappa shape index (κ1) is 25.6. The third-order valence-corrected chi connectivity index (χ3v) is 17.3. The third kappa shape index (κ3) is 4.37. The highest BCUT2D eigenvalue weighted by molar-refractivity contribution is 6.83. The van der Waals surface area contributed by atoms with E-state index in [9.17, 15) is 9.59 Å². The third-order valence-electron chi connectivity index (χ3n) is 6.98. The number of ether oxygens (including phenoxy) is 1. The van der Waals surface area contributed by atoms with E-state index in [4.69, 9.17) is 17.7 Å². The molecule has 0 radical (unpaired) electrons. The Kier molecular flexibility index (Phi) is 7.44. The van der Waals surface area contributed by atoms with Crippen LogP contribution < -0.4 is 11.2 Å². The molecule has 1 aromatic rings. The Morgan fingerprint density at radius 3 is 2.03 bits per heavy atom. The number of rotatable bonds is 5. The second kappa shape index (κ2) is 9.30. The Hall–Kier alpha value is -1.05. The van der Waals surface area contributed by atoms with Crippen LogP contribution in [0.4, 0.5) is 0 Å². The van der Waals surface area contributed by atoms with Crippen molar-refractivity contribution in [3.63, 3.8) is 0 Å². The largest absolute Gasteiger partial charge is 0.414 e. The maximum atomic E-state index is 12.5. The fourth-order valence-corrected chi connectivity index (χ4v) is 16.3. The lowest BCUT2D eigenvalue weighted by atomic mass is 10.2. The smallest absolute Gasteiger partial charge is 0.335 e. The van der Waals surface area contributed by atoms with Crippen molar-refractivity contribution in [2.24, 2.45) is 0 Å². The number of nitrogens with zero attached hydrogens (tertiary/aromatic N) is 1. The van der Waals surface area contributed by atoms with Crippen LogP contribution in [-0.4, -0.2) is 45.5 Å². The van der Waals surface area contributed by atoms with Gasteiger partial charge in [0.2, 0.25) is 0 Å². The van der Waals surface area contributed by atoms with E-state index >= 15 is 0 Å². The summed E-state index contributed by atoms with van der Waals surface area (Å²) in [5.41, 5.74) is 0.595. The molecular formula is C22H40N2O6Si2. The first-order chi connectivity index (χ1) is 14.8. The van der Waals surface area contributed by atoms with Crippen molar-refractivity contribution < 1.29 is 17.7 Å². The molecule has 0 saturated carbocycles. The lowest BCUT2D eigenvalue weighted by Gasteiger charge is -2.51. The first-order valence-electron chi connectivity index (χ1n) is 11.8. The molecule has 0 amide bonds. The fourth-order valence-electron chi connectivity index (χ4n) is 5.11. The van der Waals surface area contributed by atoms with Gasteiger partial charge in [-0.2, -0.15) is 0 Å². The zero-order valence-corrected chi connectivity index (χ0v) is 22.9. The number of hydrogen-bond acceptors (Lipinski definition) is 6. The van der Waals surface area contributed by atoms with Gasteiger partial charge in [0.05, 0.1) is 12.7 Å². The minimum atomic E-state index is -2.72. The summed E-state index contributed by atoms with van der Waals surface area (Å²) in [4.78, 5) is 26.7. The highest BCUT2D eigenvalue weighted by Crippen LogP contribution is 2.48. The van der Waals surface area contributed by atoms with Crippen molar-refractivity contribution in [3.05, 3.63) is 32.6 Å². The summed E-state index contributed by atoms with van der Waals surface area (Å²) in [6.07, 6.45) is 1.03. The maximum Gasteiger partial charge on any atom is 0.335 e. The lowest BCUT2D eigenvalue weighted by molar-refractivity contribution is -0.0566. The fraction of sp³-hybridized carbons (Fsp3) is 0.818. The van der Waals surface area contributed by atoms with Crippen LogP contribution in [0.2, 0.25) is 22.2 Å². The lowest BCUT2D eigenvalue weighted by Crippen LogP contribution is -2.65. The van der Waals surface area contributed by atoms with Gasteiger partial charge in [-0.15, -0.1) is 0 Å². The van der Waals surface area contributed by atoms with Gasteiger partial charge in [0.15, 0.2) is 0 Å². The van der Waals surface area contributed by atoms with E-state index in [1.54, 1.807) is 13.1 Å². The molecule has 2 aliphatic heterocycles. The predicted octanol–water partition coefficient (Wildman–Crippen LogP) is 4.09. The molecule has 3 atom stereocenters. The van der Waals surface area contributed by atoms with Crippen molar-refractivity contribution in [2.75, 3.05) is 6.61 Å². The van der Waals surface area contributed by atoms with Crippen LogP contribution in [0, 0.1) is 6.92 Å². The number of aryl methyl sites for hydroxylation is 1. The van der Waals surface area contributed by atoms with Gasteiger partial charge >= 0.3 is 22.8 Å². The Morgan fingerprint density at radius 2 is 1.50 bits per heavy atom. The Balaban J connectivity index is 2.04. The van der Waals surface area contributed by atoms with Crippen molar-refractivity contribution in [3.8, 4) is 0 Å². The molecule has 1 N–H and O–H groups in total. The molecule has 3 rings (SSSR count). The molecule has 0 aromatic carbocycles. The number of nitrogens with one attached hydrogen (secondary N) is 1. The van der Waals surface area contributed by atoms with Crippen LogP contribution in [0.1, 0.15) is 73.6 Å². The normalized spacial score (nSPS) is 27.7. The SMILES string of the molecule is Cc1cn([C@H]2C[C@H]3O[Si](C(C)C)(C(C)C)O[Si](C(C)C)(C(C)C)OC[C@H]3O2)c(=O)[nH]c1=O. The van der Waals surface area contributed by atoms with Gasteiger partial charge < -0.3 is 17.7 Å². The van der Waals surface area contributed by atoms with Crippen molar-refractivity contribution in [1.29, 1.82) is 0 Å². The topological polar surface area (TPSA) is 91.8 Å². The van der Waals surface area contributed by atoms with E-state index in [1.165, 1.54) is 4.57 Å². The van der Waals surface area contributed by atoms with Gasteiger partial charge in [-0.3, -0.25) is 14.3 Å². The zero-order chi connectivity index (χ0) is 24.0. The molecule has 8 nitrogen and oxygen atoms in total. The average molecular weight is 485 g/mol. The van der Waals surface area contributed by atoms with E-state index in [0.29, 0.717) is 18.6 Å². The summed E-state index contributed by atoms with van der Waals surface area (Å²) in [5.74, 6) is 0. The standard InChI is InChI=1S/C22H40N2O6Si2/c1-13(2)31(14(3)4)27-12-19-18(29-32(30-31,15(5)6)16(7)8)10-20(28-19)24-11-17(9)21(25)23-22(24)26/h11,13-16,18-20H,10,12H2,1-9H3,(H,23,25,26)/t18-,19-,20-/m1/s1. The van der Waals surface area contributed by atoms with Gasteiger partial charge in [0.25, 0.3) is 5.56 Å². The van der Waals surface area contributed by atoms with Crippen molar-refractivity contribution in [1.82, 2.24) is 9.55 Å².